The molecule has 1 fully saturated rings. The van der Waals surface area contributed by atoms with Gasteiger partial charge < -0.3 is 14.7 Å². The summed E-state index contributed by atoms with van der Waals surface area (Å²) in [5.74, 6) is -1.15. The number of carbonyl (C=O) groups excluding carboxylic acids is 1. The molecule has 108 valence electrons. The molecule has 6 heteroatoms. The number of halogens is 1. The molecule has 0 aliphatic carbocycles. The molecular formula is C13H20FNO4. The summed E-state index contributed by atoms with van der Waals surface area (Å²) in [5.41, 5.74) is -1.85. The average molecular weight is 273 g/mol. The summed E-state index contributed by atoms with van der Waals surface area (Å²) in [7, 11) is 0. The molecule has 0 spiro atoms. The van der Waals surface area contributed by atoms with E-state index < -0.39 is 23.1 Å². The highest BCUT2D eigenvalue weighted by Gasteiger charge is 2.44. The number of likely N-dealkylation sites (tertiary alicyclic amines) is 1. The Hall–Kier alpha value is -1.59. The molecular weight excluding hydrogens is 253 g/mol. The van der Waals surface area contributed by atoms with Crippen LogP contribution < -0.4 is 0 Å². The summed E-state index contributed by atoms with van der Waals surface area (Å²) in [6.07, 6.45) is -0.0445. The van der Waals surface area contributed by atoms with Crippen LogP contribution in [0.4, 0.5) is 9.18 Å². The van der Waals surface area contributed by atoms with E-state index >= 15 is 0 Å². The van der Waals surface area contributed by atoms with Gasteiger partial charge in [0.25, 0.3) is 0 Å². The van der Waals surface area contributed by atoms with E-state index in [2.05, 4.69) is 0 Å². The normalized spacial score (nSPS) is 26.4. The van der Waals surface area contributed by atoms with E-state index in [0.29, 0.717) is 6.33 Å². The smallest absolute Gasteiger partial charge is 0.410 e. The number of carbonyl (C=O) groups is 2. The third-order valence-electron chi connectivity index (χ3n) is 3.12. The Morgan fingerprint density at radius 1 is 1.47 bits per heavy atom. The average Bonchev–Trinajstić information content (AvgIpc) is 2.26. The number of amides is 1. The Kier molecular flexibility index (Phi) is 4.22. The zero-order chi connectivity index (χ0) is 14.8. The summed E-state index contributed by atoms with van der Waals surface area (Å²) in [5, 5.41) is 9.24. The monoisotopic (exact) mass is 273 g/mol. The van der Waals surface area contributed by atoms with Crippen molar-refractivity contribution in [2.45, 2.75) is 39.7 Å². The molecule has 1 heterocycles. The molecule has 1 amide bonds. The maximum Gasteiger partial charge on any atom is 0.410 e. The van der Waals surface area contributed by atoms with Crippen molar-refractivity contribution in [1.82, 2.24) is 4.90 Å². The van der Waals surface area contributed by atoms with Crippen molar-refractivity contribution in [3.05, 3.63) is 11.9 Å². The van der Waals surface area contributed by atoms with E-state index in [1.54, 1.807) is 20.8 Å². The van der Waals surface area contributed by atoms with Gasteiger partial charge in [-0.15, -0.1) is 0 Å². The number of hydrogen-bond donors (Lipinski definition) is 1. The van der Waals surface area contributed by atoms with Gasteiger partial charge in [0.1, 0.15) is 11.0 Å². The van der Waals surface area contributed by atoms with Crippen LogP contribution in [0, 0.1) is 5.41 Å². The van der Waals surface area contributed by atoms with Crippen LogP contribution >= 0.6 is 0 Å². The second-order valence-corrected chi connectivity index (χ2v) is 5.92. The van der Waals surface area contributed by atoms with Crippen LogP contribution in [0.15, 0.2) is 11.9 Å². The molecule has 0 aromatic rings. The SMILES string of the molecule is CC(C)(C)OC(=O)N1CC/C(=C/F)[C@](C)(C(=O)O)C1. The first-order valence-electron chi connectivity index (χ1n) is 6.11. The van der Waals surface area contributed by atoms with Crippen LogP contribution in [0.1, 0.15) is 34.1 Å². The minimum absolute atomic E-state index is 0.0903. The highest BCUT2D eigenvalue weighted by atomic mass is 19.1. The van der Waals surface area contributed by atoms with Gasteiger partial charge in [0.05, 0.1) is 6.33 Å². The lowest BCUT2D eigenvalue weighted by molar-refractivity contribution is -0.147. The first kappa shape index (κ1) is 15.5. The predicted octanol–water partition coefficient (Wildman–Crippen LogP) is 2.57. The van der Waals surface area contributed by atoms with E-state index in [1.807, 2.05) is 0 Å². The Bertz CT molecular complexity index is 413. The van der Waals surface area contributed by atoms with Gasteiger partial charge in [-0.05, 0) is 39.7 Å². The van der Waals surface area contributed by atoms with E-state index in [1.165, 1.54) is 11.8 Å². The summed E-state index contributed by atoms with van der Waals surface area (Å²) >= 11 is 0. The Labute approximate surface area is 112 Å². The number of nitrogens with zero attached hydrogens (tertiary/aromatic N) is 1. The standard InChI is InChI=1S/C13H20FNO4/c1-12(2,3)19-11(18)15-6-5-9(7-14)13(4,8-15)10(16)17/h7H,5-6,8H2,1-4H3,(H,16,17)/b9-7-/t13-/m1/s1. The molecule has 1 rings (SSSR count). The van der Waals surface area contributed by atoms with Crippen molar-refractivity contribution >= 4 is 12.1 Å². The van der Waals surface area contributed by atoms with Crippen LogP contribution in [-0.2, 0) is 9.53 Å². The molecule has 1 N–H and O–H groups in total. The minimum atomic E-state index is -1.40. The number of carboxylic acid groups (broad SMARTS) is 1. The van der Waals surface area contributed by atoms with Crippen LogP contribution in [0.2, 0.25) is 0 Å². The number of carboxylic acids is 1. The lowest BCUT2D eigenvalue weighted by Crippen LogP contribution is -2.50. The van der Waals surface area contributed by atoms with Crippen molar-refractivity contribution in [2.24, 2.45) is 5.41 Å². The lowest BCUT2D eigenvalue weighted by Gasteiger charge is -2.39. The molecule has 19 heavy (non-hydrogen) atoms. The van der Waals surface area contributed by atoms with Crippen molar-refractivity contribution in [1.29, 1.82) is 0 Å². The van der Waals surface area contributed by atoms with Crippen LogP contribution in [-0.4, -0.2) is 40.8 Å². The molecule has 0 unspecified atom stereocenters. The van der Waals surface area contributed by atoms with Crippen LogP contribution in [0.25, 0.3) is 0 Å². The van der Waals surface area contributed by atoms with Crippen LogP contribution in [0.5, 0.6) is 0 Å². The number of aliphatic carboxylic acids is 1. The van der Waals surface area contributed by atoms with Gasteiger partial charge in [0.15, 0.2) is 0 Å². The van der Waals surface area contributed by atoms with Gasteiger partial charge in [-0.2, -0.15) is 0 Å². The summed E-state index contributed by atoms with van der Waals surface area (Å²) in [6, 6.07) is 0. The van der Waals surface area contributed by atoms with Gasteiger partial charge in [-0.3, -0.25) is 4.79 Å². The van der Waals surface area contributed by atoms with E-state index in [-0.39, 0.29) is 25.1 Å². The van der Waals surface area contributed by atoms with E-state index in [9.17, 15) is 19.1 Å². The van der Waals surface area contributed by atoms with Crippen molar-refractivity contribution < 1.29 is 23.8 Å². The summed E-state index contributed by atoms with van der Waals surface area (Å²) in [4.78, 5) is 24.5. The Balaban J connectivity index is 2.88. The molecule has 0 saturated carbocycles. The van der Waals surface area contributed by atoms with E-state index in [0.717, 1.165) is 0 Å². The van der Waals surface area contributed by atoms with Crippen molar-refractivity contribution in [3.63, 3.8) is 0 Å². The topological polar surface area (TPSA) is 66.8 Å². The van der Waals surface area contributed by atoms with Crippen molar-refractivity contribution in [2.75, 3.05) is 13.1 Å². The molecule has 1 saturated heterocycles. The van der Waals surface area contributed by atoms with Gasteiger partial charge >= 0.3 is 12.1 Å². The zero-order valence-electron chi connectivity index (χ0n) is 11.7. The zero-order valence-corrected chi connectivity index (χ0v) is 11.7. The highest BCUT2D eigenvalue weighted by molar-refractivity contribution is 5.80. The largest absolute Gasteiger partial charge is 0.481 e. The minimum Gasteiger partial charge on any atom is -0.481 e. The summed E-state index contributed by atoms with van der Waals surface area (Å²) < 4.78 is 18.0. The Morgan fingerprint density at radius 3 is 2.47 bits per heavy atom. The second kappa shape index (κ2) is 5.19. The first-order chi connectivity index (χ1) is 8.60. The fourth-order valence-corrected chi connectivity index (χ4v) is 1.96. The quantitative estimate of drug-likeness (QED) is 0.797. The third kappa shape index (κ3) is 3.45. The van der Waals surface area contributed by atoms with Gasteiger partial charge in [0.2, 0.25) is 0 Å². The van der Waals surface area contributed by atoms with Gasteiger partial charge in [0, 0.05) is 13.1 Å². The fourth-order valence-electron chi connectivity index (χ4n) is 1.96. The molecule has 1 aliphatic rings. The van der Waals surface area contributed by atoms with Crippen LogP contribution in [0.3, 0.4) is 0 Å². The molecule has 0 bridgehead atoms. The van der Waals surface area contributed by atoms with Crippen molar-refractivity contribution in [3.8, 4) is 0 Å². The molecule has 0 radical (unpaired) electrons. The molecule has 1 atom stereocenters. The second-order valence-electron chi connectivity index (χ2n) is 5.92. The molecule has 1 aliphatic heterocycles. The number of rotatable bonds is 1. The molecule has 0 aromatic carbocycles. The third-order valence-corrected chi connectivity index (χ3v) is 3.12. The van der Waals surface area contributed by atoms with Gasteiger partial charge in [-0.25, -0.2) is 9.18 Å². The Morgan fingerprint density at radius 2 is 2.05 bits per heavy atom. The maximum atomic E-state index is 12.8. The maximum absolute atomic E-state index is 12.8. The number of hydrogen-bond acceptors (Lipinski definition) is 3. The first-order valence-corrected chi connectivity index (χ1v) is 6.11. The molecule has 0 aromatic heterocycles. The highest BCUT2D eigenvalue weighted by Crippen LogP contribution is 2.35. The number of ether oxygens (including phenoxy) is 1. The molecule has 5 nitrogen and oxygen atoms in total. The van der Waals surface area contributed by atoms with Gasteiger partial charge in [-0.1, -0.05) is 0 Å². The van der Waals surface area contributed by atoms with E-state index in [4.69, 9.17) is 4.74 Å². The predicted molar refractivity (Wildman–Crippen MR) is 67.4 cm³/mol. The summed E-state index contributed by atoms with van der Waals surface area (Å²) in [6.45, 7) is 6.78. The lowest BCUT2D eigenvalue weighted by atomic mass is 9.78. The fraction of sp³-hybridized carbons (Fsp3) is 0.692. The number of piperidine rings is 1.